The van der Waals surface area contributed by atoms with Crippen molar-refractivity contribution >= 4 is 16.4 Å². The maximum absolute atomic E-state index is 11.8. The summed E-state index contributed by atoms with van der Waals surface area (Å²) in [7, 11) is -4.64. The number of nitrogens with one attached hydrogen (secondary N) is 1. The molecule has 1 aromatic carbocycles. The second-order valence-corrected chi connectivity index (χ2v) is 5.33. The third-order valence-electron chi connectivity index (χ3n) is 2.18. The third kappa shape index (κ3) is 5.90. The highest BCUT2D eigenvalue weighted by Crippen LogP contribution is 2.23. The number of rotatable bonds is 4. The summed E-state index contributed by atoms with van der Waals surface area (Å²) in [6, 6.07) is 4.80. The standard InChI is InChI=1S/C11H12F3NO5S/c1-7-4-3-5-8(2)9(7)20-21(17,18)15-10(16)19-6-11(12,13)14/h3-5H,6H2,1-2H3,(H,15,16). The Morgan fingerprint density at radius 2 is 1.76 bits per heavy atom. The van der Waals surface area contributed by atoms with E-state index in [-0.39, 0.29) is 5.75 Å². The molecule has 21 heavy (non-hydrogen) atoms. The van der Waals surface area contributed by atoms with E-state index in [0.29, 0.717) is 11.1 Å². The van der Waals surface area contributed by atoms with E-state index in [1.807, 2.05) is 0 Å². The van der Waals surface area contributed by atoms with Crippen molar-refractivity contribution in [3.05, 3.63) is 29.3 Å². The molecule has 1 rings (SSSR count). The lowest BCUT2D eigenvalue weighted by molar-refractivity contribution is -0.160. The second kappa shape index (κ2) is 6.20. The Bertz CT molecular complexity index is 607. The summed E-state index contributed by atoms with van der Waals surface area (Å²) in [5.74, 6) is -0.0198. The fraction of sp³-hybridized carbons (Fsp3) is 0.364. The van der Waals surface area contributed by atoms with Crippen LogP contribution in [0.2, 0.25) is 0 Å². The zero-order valence-electron chi connectivity index (χ0n) is 11.0. The Hall–Kier alpha value is -1.97. The van der Waals surface area contributed by atoms with E-state index in [0.717, 1.165) is 0 Å². The Balaban J connectivity index is 2.72. The molecule has 0 aliphatic rings. The van der Waals surface area contributed by atoms with E-state index in [1.165, 1.54) is 4.72 Å². The van der Waals surface area contributed by atoms with Crippen LogP contribution in [0, 0.1) is 13.8 Å². The lowest BCUT2D eigenvalue weighted by Gasteiger charge is -2.12. The molecular weight excluding hydrogens is 315 g/mol. The van der Waals surface area contributed by atoms with E-state index in [9.17, 15) is 26.4 Å². The maximum Gasteiger partial charge on any atom is 0.423 e. The van der Waals surface area contributed by atoms with Crippen molar-refractivity contribution in [3.8, 4) is 5.75 Å². The summed E-state index contributed by atoms with van der Waals surface area (Å²) in [5.41, 5.74) is 0.952. The molecule has 0 saturated carbocycles. The summed E-state index contributed by atoms with van der Waals surface area (Å²) in [5, 5.41) is 0. The van der Waals surface area contributed by atoms with Crippen molar-refractivity contribution in [2.24, 2.45) is 0 Å². The zero-order valence-corrected chi connectivity index (χ0v) is 11.8. The van der Waals surface area contributed by atoms with Gasteiger partial charge >= 0.3 is 22.6 Å². The third-order valence-corrected chi connectivity index (χ3v) is 2.98. The lowest BCUT2D eigenvalue weighted by Crippen LogP contribution is -2.36. The van der Waals surface area contributed by atoms with Crippen LogP contribution in [-0.4, -0.2) is 27.3 Å². The molecular formula is C11H12F3NO5S. The first-order valence-electron chi connectivity index (χ1n) is 5.52. The molecule has 0 heterocycles. The minimum absolute atomic E-state index is 0.0198. The highest BCUT2D eigenvalue weighted by molar-refractivity contribution is 7.85. The Labute approximate surface area is 119 Å². The fourth-order valence-electron chi connectivity index (χ4n) is 1.34. The number of amides is 1. The molecule has 0 aliphatic carbocycles. The van der Waals surface area contributed by atoms with Crippen LogP contribution in [0.1, 0.15) is 11.1 Å². The average molecular weight is 327 g/mol. The molecule has 0 spiro atoms. The van der Waals surface area contributed by atoms with Gasteiger partial charge in [0.2, 0.25) is 0 Å². The van der Waals surface area contributed by atoms with E-state index < -0.39 is 29.2 Å². The summed E-state index contributed by atoms with van der Waals surface area (Å²) < 4.78 is 68.1. The van der Waals surface area contributed by atoms with Crippen molar-refractivity contribution in [1.29, 1.82) is 0 Å². The van der Waals surface area contributed by atoms with E-state index >= 15 is 0 Å². The summed E-state index contributed by atoms with van der Waals surface area (Å²) in [6.45, 7) is 1.23. The quantitative estimate of drug-likeness (QED) is 0.917. The number of alkyl halides is 3. The first-order chi connectivity index (χ1) is 9.50. The van der Waals surface area contributed by atoms with Gasteiger partial charge in [0.25, 0.3) is 0 Å². The molecule has 0 atom stereocenters. The highest BCUT2D eigenvalue weighted by atomic mass is 32.2. The van der Waals surface area contributed by atoms with Gasteiger partial charge in [-0.25, -0.2) is 4.79 Å². The van der Waals surface area contributed by atoms with Crippen molar-refractivity contribution in [2.75, 3.05) is 6.61 Å². The van der Waals surface area contributed by atoms with E-state index in [1.54, 1.807) is 32.0 Å². The Morgan fingerprint density at radius 1 is 1.24 bits per heavy atom. The van der Waals surface area contributed by atoms with Gasteiger partial charge in [0, 0.05) is 0 Å². The molecule has 10 heteroatoms. The number of halogens is 3. The van der Waals surface area contributed by atoms with Crippen LogP contribution < -0.4 is 8.91 Å². The smallest absolute Gasteiger partial charge is 0.423 e. The minimum atomic E-state index is -4.76. The topological polar surface area (TPSA) is 81.7 Å². The highest BCUT2D eigenvalue weighted by Gasteiger charge is 2.30. The number of para-hydroxylation sites is 1. The van der Waals surface area contributed by atoms with Gasteiger partial charge < -0.3 is 8.92 Å². The van der Waals surface area contributed by atoms with Gasteiger partial charge in [-0.05, 0) is 25.0 Å². The van der Waals surface area contributed by atoms with Gasteiger partial charge in [0.05, 0.1) is 0 Å². The molecule has 1 aromatic rings. The fourth-order valence-corrected chi connectivity index (χ4v) is 2.13. The van der Waals surface area contributed by atoms with Gasteiger partial charge in [-0.3, -0.25) is 0 Å². The lowest BCUT2D eigenvalue weighted by atomic mass is 10.1. The SMILES string of the molecule is Cc1cccc(C)c1OS(=O)(=O)NC(=O)OCC(F)(F)F. The molecule has 0 fully saturated rings. The van der Waals surface area contributed by atoms with Crippen molar-refractivity contribution < 1.29 is 35.3 Å². The summed E-state index contributed by atoms with van der Waals surface area (Å²) in [4.78, 5) is 11.0. The molecule has 1 N–H and O–H groups in total. The molecule has 0 bridgehead atoms. The summed E-state index contributed by atoms with van der Waals surface area (Å²) >= 11 is 0. The molecule has 0 aromatic heterocycles. The number of hydrogen-bond donors (Lipinski definition) is 1. The number of carbonyl (C=O) groups excluding carboxylic acids is 1. The van der Waals surface area contributed by atoms with Crippen molar-refractivity contribution in [2.45, 2.75) is 20.0 Å². The Kier molecular flexibility index (Phi) is 5.05. The normalized spacial score (nSPS) is 11.9. The van der Waals surface area contributed by atoms with Gasteiger partial charge in [0.15, 0.2) is 6.61 Å². The van der Waals surface area contributed by atoms with E-state index in [4.69, 9.17) is 0 Å². The largest absolute Gasteiger partial charge is 0.439 e. The van der Waals surface area contributed by atoms with Gasteiger partial charge in [-0.1, -0.05) is 18.2 Å². The van der Waals surface area contributed by atoms with Crippen LogP contribution in [0.25, 0.3) is 0 Å². The van der Waals surface area contributed by atoms with Crippen molar-refractivity contribution in [1.82, 2.24) is 4.72 Å². The number of benzene rings is 1. The molecule has 0 aliphatic heterocycles. The van der Waals surface area contributed by atoms with E-state index in [2.05, 4.69) is 8.92 Å². The molecule has 0 saturated heterocycles. The van der Waals surface area contributed by atoms with Crippen LogP contribution in [-0.2, 0) is 15.0 Å². The van der Waals surface area contributed by atoms with Crippen molar-refractivity contribution in [3.63, 3.8) is 0 Å². The monoisotopic (exact) mass is 327 g/mol. The molecule has 0 unspecified atom stereocenters. The zero-order chi connectivity index (χ0) is 16.3. The maximum atomic E-state index is 11.8. The average Bonchev–Trinajstić information content (AvgIpc) is 2.30. The first-order valence-corrected chi connectivity index (χ1v) is 6.93. The summed E-state index contributed by atoms with van der Waals surface area (Å²) in [6.07, 6.45) is -6.53. The van der Waals surface area contributed by atoms with Crippen LogP contribution >= 0.6 is 0 Å². The molecule has 6 nitrogen and oxygen atoms in total. The number of aryl methyl sites for hydroxylation is 2. The first kappa shape index (κ1) is 17.1. The predicted molar refractivity (Wildman–Crippen MR) is 66.0 cm³/mol. The van der Waals surface area contributed by atoms with Gasteiger partial charge in [-0.15, -0.1) is 0 Å². The second-order valence-electron chi connectivity index (χ2n) is 4.05. The van der Waals surface area contributed by atoms with Gasteiger partial charge in [0.1, 0.15) is 5.75 Å². The molecule has 0 radical (unpaired) electrons. The Morgan fingerprint density at radius 3 is 2.24 bits per heavy atom. The van der Waals surface area contributed by atoms with Crippen LogP contribution in [0.4, 0.5) is 18.0 Å². The molecule has 1 amide bonds. The molecule has 118 valence electrons. The van der Waals surface area contributed by atoms with Crippen LogP contribution in [0.3, 0.4) is 0 Å². The minimum Gasteiger partial charge on any atom is -0.439 e. The van der Waals surface area contributed by atoms with Crippen LogP contribution in [0.5, 0.6) is 5.75 Å². The number of ether oxygens (including phenoxy) is 1. The predicted octanol–water partition coefficient (Wildman–Crippen LogP) is 2.22. The van der Waals surface area contributed by atoms with Gasteiger partial charge in [-0.2, -0.15) is 26.3 Å². The van der Waals surface area contributed by atoms with Crippen LogP contribution in [0.15, 0.2) is 18.2 Å². The number of carbonyl (C=O) groups is 1. The number of hydrogen-bond acceptors (Lipinski definition) is 5.